The number of hydrogen-bond acceptors (Lipinski definition) is 4. The summed E-state index contributed by atoms with van der Waals surface area (Å²) < 4.78 is 5.52. The lowest BCUT2D eigenvalue weighted by Crippen LogP contribution is -2.39. The highest BCUT2D eigenvalue weighted by Gasteiger charge is 2.18. The summed E-state index contributed by atoms with van der Waals surface area (Å²) in [5.74, 6) is 0.711. The third-order valence-corrected chi connectivity index (χ3v) is 3.04. The van der Waals surface area contributed by atoms with E-state index in [9.17, 15) is 0 Å². The maximum atomic E-state index is 5.52. The van der Waals surface area contributed by atoms with Gasteiger partial charge in [0.2, 0.25) is 5.88 Å². The normalized spacial score (nSPS) is 21.2. The molecule has 94 valence electrons. The number of likely N-dealkylation sites (N-methyl/N-ethyl adjacent to an activating group) is 1. The van der Waals surface area contributed by atoms with Crippen LogP contribution in [0.25, 0.3) is 0 Å². The van der Waals surface area contributed by atoms with Crippen LogP contribution in [0.5, 0.6) is 5.88 Å². The maximum Gasteiger partial charge on any atom is 0.237 e. The monoisotopic (exact) mass is 235 g/mol. The van der Waals surface area contributed by atoms with Crippen molar-refractivity contribution >= 4 is 5.69 Å². The van der Waals surface area contributed by atoms with Crippen LogP contribution in [0.3, 0.4) is 0 Å². The Kier molecular flexibility index (Phi) is 4.20. The molecular formula is C13H21N3O. The van der Waals surface area contributed by atoms with Gasteiger partial charge in [-0.3, -0.25) is 0 Å². The highest BCUT2D eigenvalue weighted by Crippen LogP contribution is 2.23. The van der Waals surface area contributed by atoms with Crippen LogP contribution in [0.15, 0.2) is 18.3 Å². The van der Waals surface area contributed by atoms with Crippen molar-refractivity contribution in [1.82, 2.24) is 9.88 Å². The largest absolute Gasteiger partial charge is 0.476 e. The van der Waals surface area contributed by atoms with Crippen molar-refractivity contribution in [2.45, 2.75) is 25.8 Å². The third kappa shape index (κ3) is 3.33. The number of nitrogens with one attached hydrogen (secondary N) is 1. The van der Waals surface area contributed by atoms with Crippen LogP contribution < -0.4 is 10.1 Å². The van der Waals surface area contributed by atoms with Gasteiger partial charge in [-0.2, -0.15) is 0 Å². The Morgan fingerprint density at radius 2 is 2.47 bits per heavy atom. The van der Waals surface area contributed by atoms with Crippen molar-refractivity contribution in [3.05, 3.63) is 18.3 Å². The SMILES string of the molecule is CCOc1ncccc1NC1CCCN(C)C1. The Balaban J connectivity index is 2.01. The number of aromatic nitrogens is 1. The van der Waals surface area contributed by atoms with Crippen LogP contribution in [-0.4, -0.2) is 42.7 Å². The summed E-state index contributed by atoms with van der Waals surface area (Å²) >= 11 is 0. The second-order valence-corrected chi connectivity index (χ2v) is 4.53. The third-order valence-electron chi connectivity index (χ3n) is 3.04. The van der Waals surface area contributed by atoms with E-state index in [4.69, 9.17) is 4.74 Å². The fourth-order valence-corrected chi connectivity index (χ4v) is 2.26. The van der Waals surface area contributed by atoms with Crippen molar-refractivity contribution in [2.24, 2.45) is 0 Å². The average molecular weight is 235 g/mol. The molecule has 0 radical (unpaired) electrons. The molecule has 0 aromatic carbocycles. The fraction of sp³-hybridized carbons (Fsp3) is 0.615. The minimum Gasteiger partial charge on any atom is -0.476 e. The van der Waals surface area contributed by atoms with Crippen LogP contribution in [0.4, 0.5) is 5.69 Å². The molecule has 1 aliphatic heterocycles. The van der Waals surface area contributed by atoms with Crippen molar-refractivity contribution in [1.29, 1.82) is 0 Å². The number of ether oxygens (including phenoxy) is 1. The molecule has 1 aromatic rings. The summed E-state index contributed by atoms with van der Waals surface area (Å²) in [4.78, 5) is 6.61. The lowest BCUT2D eigenvalue weighted by atomic mass is 10.1. The maximum absolute atomic E-state index is 5.52. The van der Waals surface area contributed by atoms with Gasteiger partial charge in [0, 0.05) is 18.8 Å². The second kappa shape index (κ2) is 5.87. The summed E-state index contributed by atoms with van der Waals surface area (Å²) in [5, 5.41) is 3.54. The minimum absolute atomic E-state index is 0.497. The van der Waals surface area contributed by atoms with Crippen LogP contribution in [-0.2, 0) is 0 Å². The average Bonchev–Trinajstić information content (AvgIpc) is 2.32. The van der Waals surface area contributed by atoms with Gasteiger partial charge in [0.25, 0.3) is 0 Å². The molecule has 1 saturated heterocycles. The first-order valence-corrected chi connectivity index (χ1v) is 6.32. The molecule has 2 heterocycles. The second-order valence-electron chi connectivity index (χ2n) is 4.53. The molecule has 4 nitrogen and oxygen atoms in total. The van der Waals surface area contributed by atoms with Crippen LogP contribution >= 0.6 is 0 Å². The number of likely N-dealkylation sites (tertiary alicyclic amines) is 1. The topological polar surface area (TPSA) is 37.4 Å². The van der Waals surface area contributed by atoms with Gasteiger partial charge in [-0.05, 0) is 45.5 Å². The summed E-state index contributed by atoms with van der Waals surface area (Å²) in [5.41, 5.74) is 1.01. The lowest BCUT2D eigenvalue weighted by molar-refractivity contribution is 0.260. The molecular weight excluding hydrogens is 214 g/mol. The predicted octanol–water partition coefficient (Wildman–Crippen LogP) is 1.99. The van der Waals surface area contributed by atoms with Crippen LogP contribution in [0.1, 0.15) is 19.8 Å². The quantitative estimate of drug-likeness (QED) is 0.866. The van der Waals surface area contributed by atoms with Crippen molar-refractivity contribution < 1.29 is 4.74 Å². The molecule has 1 fully saturated rings. The molecule has 0 bridgehead atoms. The first-order valence-electron chi connectivity index (χ1n) is 6.32. The Labute approximate surface area is 103 Å². The highest BCUT2D eigenvalue weighted by molar-refractivity contribution is 5.52. The van der Waals surface area contributed by atoms with Crippen LogP contribution in [0, 0.1) is 0 Å². The molecule has 1 atom stereocenters. The van der Waals surface area contributed by atoms with Gasteiger partial charge in [-0.1, -0.05) is 0 Å². The molecule has 1 unspecified atom stereocenters. The van der Waals surface area contributed by atoms with Crippen molar-refractivity contribution in [2.75, 3.05) is 32.1 Å². The number of hydrogen-bond donors (Lipinski definition) is 1. The molecule has 1 N–H and O–H groups in total. The smallest absolute Gasteiger partial charge is 0.237 e. The Bertz CT molecular complexity index is 356. The van der Waals surface area contributed by atoms with E-state index >= 15 is 0 Å². The minimum atomic E-state index is 0.497. The summed E-state index contributed by atoms with van der Waals surface area (Å²) in [7, 11) is 2.17. The zero-order valence-corrected chi connectivity index (χ0v) is 10.6. The summed E-state index contributed by atoms with van der Waals surface area (Å²) in [6, 6.07) is 4.47. The molecule has 0 saturated carbocycles. The van der Waals surface area contributed by atoms with E-state index in [1.165, 1.54) is 19.4 Å². The van der Waals surface area contributed by atoms with E-state index in [0.717, 1.165) is 12.2 Å². The Morgan fingerprint density at radius 1 is 1.59 bits per heavy atom. The number of anilines is 1. The summed E-state index contributed by atoms with van der Waals surface area (Å²) in [6.45, 7) is 4.91. The van der Waals surface area contributed by atoms with Gasteiger partial charge in [0.15, 0.2) is 0 Å². The van der Waals surface area contributed by atoms with Crippen molar-refractivity contribution in [3.8, 4) is 5.88 Å². The highest BCUT2D eigenvalue weighted by atomic mass is 16.5. The van der Waals surface area contributed by atoms with Gasteiger partial charge in [0.1, 0.15) is 0 Å². The van der Waals surface area contributed by atoms with E-state index in [2.05, 4.69) is 22.2 Å². The predicted molar refractivity (Wildman–Crippen MR) is 69.5 cm³/mol. The number of piperidine rings is 1. The number of rotatable bonds is 4. The zero-order valence-electron chi connectivity index (χ0n) is 10.6. The lowest BCUT2D eigenvalue weighted by Gasteiger charge is -2.31. The van der Waals surface area contributed by atoms with Gasteiger partial charge < -0.3 is 15.0 Å². The molecule has 17 heavy (non-hydrogen) atoms. The fourth-order valence-electron chi connectivity index (χ4n) is 2.26. The van der Waals surface area contributed by atoms with E-state index in [1.54, 1.807) is 6.20 Å². The van der Waals surface area contributed by atoms with E-state index in [1.807, 2.05) is 19.1 Å². The molecule has 1 aromatic heterocycles. The zero-order chi connectivity index (χ0) is 12.1. The first-order chi connectivity index (χ1) is 8.29. The number of nitrogens with zero attached hydrogens (tertiary/aromatic N) is 2. The first kappa shape index (κ1) is 12.2. The molecule has 0 amide bonds. The van der Waals surface area contributed by atoms with Gasteiger partial charge in [-0.15, -0.1) is 0 Å². The Morgan fingerprint density at radius 3 is 3.24 bits per heavy atom. The van der Waals surface area contributed by atoms with Gasteiger partial charge >= 0.3 is 0 Å². The van der Waals surface area contributed by atoms with Gasteiger partial charge in [0.05, 0.1) is 12.3 Å². The van der Waals surface area contributed by atoms with E-state index < -0.39 is 0 Å². The summed E-state index contributed by atoms with van der Waals surface area (Å²) in [6.07, 6.45) is 4.23. The molecule has 2 rings (SSSR count). The Hall–Kier alpha value is -1.29. The molecule has 4 heteroatoms. The van der Waals surface area contributed by atoms with Gasteiger partial charge in [-0.25, -0.2) is 4.98 Å². The molecule has 0 aliphatic carbocycles. The number of pyridine rings is 1. The molecule has 1 aliphatic rings. The standard InChI is InChI=1S/C13H21N3O/c1-3-17-13-12(7-4-8-14-13)15-11-6-5-9-16(2)10-11/h4,7-8,11,15H,3,5-6,9-10H2,1-2H3. The van der Waals surface area contributed by atoms with E-state index in [0.29, 0.717) is 18.5 Å². The molecule has 0 spiro atoms. The van der Waals surface area contributed by atoms with Crippen LogP contribution in [0.2, 0.25) is 0 Å². The van der Waals surface area contributed by atoms with E-state index in [-0.39, 0.29) is 0 Å². The van der Waals surface area contributed by atoms with Crippen molar-refractivity contribution in [3.63, 3.8) is 0 Å².